The number of aryl methyl sites for hydroxylation is 2. The highest BCUT2D eigenvalue weighted by Crippen LogP contribution is 2.21. The highest BCUT2D eigenvalue weighted by atomic mass is 35.6. The molecule has 0 nitrogen and oxygen atoms in total. The van der Waals surface area contributed by atoms with E-state index in [4.69, 9.17) is 11.1 Å². The van der Waals surface area contributed by atoms with Crippen LogP contribution in [0.1, 0.15) is 44.7 Å². The quantitative estimate of drug-likeness (QED) is 0.500. The number of hydrogen-bond donors (Lipinski definition) is 0. The molecule has 118 valence electrons. The SMILES string of the molecule is CCCC[Si](Cl)(c1ccccc1)c1cc(CC)cc(CC)c1. The molecule has 2 aromatic carbocycles. The molecule has 2 aromatic rings. The van der Waals surface area contributed by atoms with Crippen molar-refractivity contribution in [3.8, 4) is 0 Å². The summed E-state index contributed by atoms with van der Waals surface area (Å²) in [6.45, 7) is 6.70. The fraction of sp³-hybridized carbons (Fsp3) is 0.400. The van der Waals surface area contributed by atoms with E-state index in [1.54, 1.807) is 0 Å². The molecule has 1 atom stereocenters. The molecule has 0 saturated carbocycles. The Morgan fingerprint density at radius 3 is 1.91 bits per heavy atom. The average molecular weight is 331 g/mol. The van der Waals surface area contributed by atoms with Crippen molar-refractivity contribution in [1.82, 2.24) is 0 Å². The Kier molecular flexibility index (Phi) is 6.28. The Morgan fingerprint density at radius 2 is 1.41 bits per heavy atom. The Hall–Kier alpha value is -1.05. The van der Waals surface area contributed by atoms with Gasteiger partial charge < -0.3 is 0 Å². The van der Waals surface area contributed by atoms with Crippen LogP contribution in [0.4, 0.5) is 0 Å². The van der Waals surface area contributed by atoms with Gasteiger partial charge in [-0.05, 0) is 40.4 Å². The van der Waals surface area contributed by atoms with Crippen molar-refractivity contribution in [2.45, 2.75) is 52.5 Å². The van der Waals surface area contributed by atoms with Crippen molar-refractivity contribution < 1.29 is 0 Å². The summed E-state index contributed by atoms with van der Waals surface area (Å²) < 4.78 is 0. The summed E-state index contributed by atoms with van der Waals surface area (Å²) in [7, 11) is -2.15. The first-order valence-electron chi connectivity index (χ1n) is 8.51. The van der Waals surface area contributed by atoms with E-state index in [9.17, 15) is 0 Å². The van der Waals surface area contributed by atoms with Crippen LogP contribution in [0.5, 0.6) is 0 Å². The molecule has 0 spiro atoms. The first-order chi connectivity index (χ1) is 10.6. The summed E-state index contributed by atoms with van der Waals surface area (Å²) in [4.78, 5) is 0. The van der Waals surface area contributed by atoms with Gasteiger partial charge in [0.05, 0.1) is 0 Å². The summed E-state index contributed by atoms with van der Waals surface area (Å²) in [6.07, 6.45) is 4.54. The van der Waals surface area contributed by atoms with Crippen molar-refractivity contribution in [2.75, 3.05) is 0 Å². The third-order valence-electron chi connectivity index (χ3n) is 4.43. The summed E-state index contributed by atoms with van der Waals surface area (Å²) >= 11 is 7.37. The van der Waals surface area contributed by atoms with Crippen LogP contribution < -0.4 is 10.4 Å². The standard InChI is InChI=1S/C20H27ClSi/c1-4-7-13-22(21,19-11-9-8-10-12-19)20-15-17(5-2)14-18(6-3)16-20/h8-12,14-16H,4-7,13H2,1-3H3. The van der Waals surface area contributed by atoms with Crippen LogP contribution in [-0.2, 0) is 12.8 Å². The normalized spacial score (nSPS) is 13.8. The summed E-state index contributed by atoms with van der Waals surface area (Å²) in [5.41, 5.74) is 2.83. The largest absolute Gasteiger partial charge is 0.217 e. The van der Waals surface area contributed by atoms with Gasteiger partial charge in [-0.2, -0.15) is 11.1 Å². The molecule has 0 bridgehead atoms. The summed E-state index contributed by atoms with van der Waals surface area (Å²) in [5, 5.41) is 2.74. The van der Waals surface area contributed by atoms with E-state index in [2.05, 4.69) is 69.3 Å². The average Bonchev–Trinajstić information content (AvgIpc) is 2.59. The minimum atomic E-state index is -2.15. The fourth-order valence-corrected chi connectivity index (χ4v) is 7.38. The Balaban J connectivity index is 2.54. The lowest BCUT2D eigenvalue weighted by molar-refractivity contribution is 0.876. The van der Waals surface area contributed by atoms with Gasteiger partial charge in [0.25, 0.3) is 0 Å². The lowest BCUT2D eigenvalue weighted by Gasteiger charge is -2.27. The third kappa shape index (κ3) is 3.82. The molecule has 0 aliphatic rings. The lowest BCUT2D eigenvalue weighted by atomic mass is 10.1. The van der Waals surface area contributed by atoms with Crippen molar-refractivity contribution >= 4 is 28.8 Å². The van der Waals surface area contributed by atoms with Gasteiger partial charge in [0.1, 0.15) is 0 Å². The molecule has 2 heteroatoms. The van der Waals surface area contributed by atoms with Crippen LogP contribution in [0.3, 0.4) is 0 Å². The maximum atomic E-state index is 7.37. The third-order valence-corrected chi connectivity index (χ3v) is 9.80. The minimum Gasteiger partial charge on any atom is -0.155 e. The van der Waals surface area contributed by atoms with Gasteiger partial charge in [-0.15, -0.1) is 0 Å². The second kappa shape index (κ2) is 7.98. The number of hydrogen-bond acceptors (Lipinski definition) is 0. The van der Waals surface area contributed by atoms with Gasteiger partial charge in [0, 0.05) is 0 Å². The maximum absolute atomic E-state index is 7.37. The molecule has 0 aliphatic carbocycles. The molecule has 0 heterocycles. The molecule has 0 aromatic heterocycles. The lowest BCUT2D eigenvalue weighted by Crippen LogP contribution is -2.53. The maximum Gasteiger partial charge on any atom is 0.217 e. The fourth-order valence-electron chi connectivity index (χ4n) is 2.98. The van der Waals surface area contributed by atoms with E-state index in [0.29, 0.717) is 0 Å². The van der Waals surface area contributed by atoms with Gasteiger partial charge in [0.15, 0.2) is 0 Å². The highest BCUT2D eigenvalue weighted by molar-refractivity contribution is 7.34. The van der Waals surface area contributed by atoms with E-state index < -0.39 is 7.38 Å². The van der Waals surface area contributed by atoms with E-state index in [-0.39, 0.29) is 0 Å². The highest BCUT2D eigenvalue weighted by Gasteiger charge is 2.35. The Labute approximate surface area is 141 Å². The van der Waals surface area contributed by atoms with Gasteiger partial charge >= 0.3 is 0 Å². The van der Waals surface area contributed by atoms with Crippen LogP contribution in [0.15, 0.2) is 48.5 Å². The first-order valence-corrected chi connectivity index (χ1v) is 11.7. The summed E-state index contributed by atoms with van der Waals surface area (Å²) in [6, 6.07) is 18.9. The number of halogens is 1. The zero-order chi connectivity index (χ0) is 16.0. The van der Waals surface area contributed by atoms with Crippen molar-refractivity contribution in [1.29, 1.82) is 0 Å². The number of unbranched alkanes of at least 4 members (excludes halogenated alkanes) is 1. The molecule has 0 saturated heterocycles. The molecule has 0 fully saturated rings. The molecule has 2 rings (SSSR count). The van der Waals surface area contributed by atoms with Crippen LogP contribution in [0.25, 0.3) is 0 Å². The first kappa shape index (κ1) is 17.3. The van der Waals surface area contributed by atoms with E-state index >= 15 is 0 Å². The number of rotatable bonds is 7. The number of benzene rings is 2. The minimum absolute atomic E-state index is 1.07. The predicted octanol–water partition coefficient (Wildman–Crippen LogP) is 4.91. The van der Waals surface area contributed by atoms with Gasteiger partial charge in [-0.1, -0.05) is 82.1 Å². The van der Waals surface area contributed by atoms with Crippen LogP contribution in [-0.4, -0.2) is 7.38 Å². The van der Waals surface area contributed by atoms with Gasteiger partial charge in [-0.3, -0.25) is 0 Å². The second-order valence-corrected chi connectivity index (χ2v) is 11.2. The molecule has 1 unspecified atom stereocenters. The van der Waals surface area contributed by atoms with Gasteiger partial charge in [0.2, 0.25) is 7.38 Å². The predicted molar refractivity (Wildman–Crippen MR) is 102 cm³/mol. The summed E-state index contributed by atoms with van der Waals surface area (Å²) in [5.74, 6) is 0. The van der Waals surface area contributed by atoms with Crippen LogP contribution >= 0.6 is 11.1 Å². The molecule has 0 amide bonds. The molecular weight excluding hydrogens is 304 g/mol. The van der Waals surface area contributed by atoms with Crippen LogP contribution in [0.2, 0.25) is 6.04 Å². The van der Waals surface area contributed by atoms with Crippen molar-refractivity contribution in [3.63, 3.8) is 0 Å². The van der Waals surface area contributed by atoms with Gasteiger partial charge in [-0.25, -0.2) is 0 Å². The monoisotopic (exact) mass is 330 g/mol. The Morgan fingerprint density at radius 1 is 0.818 bits per heavy atom. The zero-order valence-electron chi connectivity index (χ0n) is 14.0. The molecule has 0 radical (unpaired) electrons. The van der Waals surface area contributed by atoms with Crippen molar-refractivity contribution in [3.05, 3.63) is 59.7 Å². The van der Waals surface area contributed by atoms with E-state index in [1.165, 1.54) is 34.3 Å². The second-order valence-electron chi connectivity index (χ2n) is 6.02. The van der Waals surface area contributed by atoms with Crippen molar-refractivity contribution in [2.24, 2.45) is 0 Å². The molecule has 0 aliphatic heterocycles. The van der Waals surface area contributed by atoms with E-state index in [0.717, 1.165) is 18.9 Å². The smallest absolute Gasteiger partial charge is 0.155 e. The van der Waals surface area contributed by atoms with E-state index in [1.807, 2.05) is 0 Å². The Bertz CT molecular complexity index is 572. The molecule has 0 N–H and O–H groups in total. The molecule has 22 heavy (non-hydrogen) atoms. The molecular formula is C20H27ClSi. The zero-order valence-corrected chi connectivity index (χ0v) is 15.8. The van der Waals surface area contributed by atoms with Crippen LogP contribution in [0, 0.1) is 0 Å². The topological polar surface area (TPSA) is 0 Å².